The molecule has 6 nitrogen and oxygen atoms in total. The van der Waals surface area contributed by atoms with Crippen LogP contribution in [0, 0.1) is 0 Å². The van der Waals surface area contributed by atoms with Crippen LogP contribution in [0.3, 0.4) is 0 Å². The highest BCUT2D eigenvalue weighted by molar-refractivity contribution is 7.89. The van der Waals surface area contributed by atoms with Gasteiger partial charge in [0.25, 0.3) is 0 Å². The molecule has 0 radical (unpaired) electrons. The Bertz CT molecular complexity index is 932. The van der Waals surface area contributed by atoms with Gasteiger partial charge in [-0.05, 0) is 48.6 Å². The predicted octanol–water partition coefficient (Wildman–Crippen LogP) is 1.90. The fraction of sp³-hybridized carbons (Fsp3) is 0.294. The summed E-state index contributed by atoms with van der Waals surface area (Å²) >= 11 is 0. The van der Waals surface area contributed by atoms with Gasteiger partial charge >= 0.3 is 0 Å². The lowest BCUT2D eigenvalue weighted by Crippen LogP contribution is -2.37. The second-order valence-electron chi connectivity index (χ2n) is 6.11. The molecule has 25 heavy (non-hydrogen) atoms. The summed E-state index contributed by atoms with van der Waals surface area (Å²) in [7, 11) is -7.47. The van der Waals surface area contributed by atoms with Crippen LogP contribution in [0.1, 0.15) is 24.3 Å². The van der Waals surface area contributed by atoms with Gasteiger partial charge in [0.2, 0.25) is 20.0 Å². The molecule has 1 saturated heterocycles. The lowest BCUT2D eigenvalue weighted by Gasteiger charge is -2.31. The first kappa shape index (κ1) is 18.1. The van der Waals surface area contributed by atoms with Crippen molar-refractivity contribution in [2.24, 2.45) is 5.14 Å². The molecule has 134 valence electrons. The molecule has 0 aromatic heterocycles. The van der Waals surface area contributed by atoms with Crippen molar-refractivity contribution in [2.45, 2.75) is 28.6 Å². The maximum absolute atomic E-state index is 12.7. The summed E-state index contributed by atoms with van der Waals surface area (Å²) in [5, 5.41) is 5.04. The van der Waals surface area contributed by atoms with Crippen molar-refractivity contribution in [3.05, 3.63) is 60.2 Å². The van der Waals surface area contributed by atoms with Gasteiger partial charge in [0.15, 0.2) is 0 Å². The molecule has 1 aliphatic rings. The van der Waals surface area contributed by atoms with Crippen molar-refractivity contribution in [3.63, 3.8) is 0 Å². The van der Waals surface area contributed by atoms with Gasteiger partial charge in [0.1, 0.15) is 0 Å². The third-order valence-electron chi connectivity index (χ3n) is 4.51. The molecule has 0 aliphatic carbocycles. The van der Waals surface area contributed by atoms with Gasteiger partial charge in [-0.15, -0.1) is 0 Å². The molecule has 3 rings (SSSR count). The molecular formula is C17H20N2O4S2. The Hall–Kier alpha value is -1.74. The van der Waals surface area contributed by atoms with E-state index in [1.807, 2.05) is 18.2 Å². The van der Waals surface area contributed by atoms with E-state index in [0.29, 0.717) is 19.0 Å². The van der Waals surface area contributed by atoms with Crippen LogP contribution < -0.4 is 5.14 Å². The quantitative estimate of drug-likeness (QED) is 0.876. The molecule has 0 spiro atoms. The van der Waals surface area contributed by atoms with Crippen molar-refractivity contribution in [1.29, 1.82) is 0 Å². The number of benzene rings is 2. The molecule has 2 aromatic carbocycles. The largest absolute Gasteiger partial charge is 0.243 e. The van der Waals surface area contributed by atoms with Crippen LogP contribution in [-0.4, -0.2) is 34.2 Å². The zero-order valence-electron chi connectivity index (χ0n) is 13.6. The standard InChI is InChI=1S/C17H20N2O4S2/c18-24(20,21)16-6-8-17(9-7-16)25(22,23)19-12-10-15(11-13-19)14-4-2-1-3-5-14/h1-9,15H,10-13H2,(H2,18,20,21). The Morgan fingerprint density at radius 3 is 1.84 bits per heavy atom. The minimum absolute atomic E-state index is 0.0815. The van der Waals surface area contributed by atoms with Gasteiger partial charge < -0.3 is 0 Å². The van der Waals surface area contributed by atoms with Crippen molar-refractivity contribution in [3.8, 4) is 0 Å². The topological polar surface area (TPSA) is 97.5 Å². The molecule has 0 saturated carbocycles. The van der Waals surface area contributed by atoms with E-state index in [1.54, 1.807) is 0 Å². The van der Waals surface area contributed by atoms with Gasteiger partial charge in [-0.2, -0.15) is 4.31 Å². The maximum Gasteiger partial charge on any atom is 0.243 e. The van der Waals surface area contributed by atoms with Crippen molar-refractivity contribution >= 4 is 20.0 Å². The average molecular weight is 380 g/mol. The average Bonchev–Trinajstić information content (AvgIpc) is 2.62. The molecule has 0 amide bonds. The number of primary sulfonamides is 1. The SMILES string of the molecule is NS(=O)(=O)c1ccc(S(=O)(=O)N2CCC(c3ccccc3)CC2)cc1. The first-order chi connectivity index (χ1) is 11.8. The second-order valence-corrected chi connectivity index (χ2v) is 9.60. The summed E-state index contributed by atoms with van der Waals surface area (Å²) < 4.78 is 49.5. The Balaban J connectivity index is 1.74. The summed E-state index contributed by atoms with van der Waals surface area (Å²) in [5.41, 5.74) is 1.23. The molecule has 0 bridgehead atoms. The van der Waals surface area contributed by atoms with Crippen LogP contribution in [0.25, 0.3) is 0 Å². The lowest BCUT2D eigenvalue weighted by molar-refractivity contribution is 0.319. The van der Waals surface area contributed by atoms with Gasteiger partial charge in [0.05, 0.1) is 9.79 Å². The summed E-state index contributed by atoms with van der Waals surface area (Å²) in [6.07, 6.45) is 1.52. The predicted molar refractivity (Wildman–Crippen MR) is 95.0 cm³/mol. The molecule has 1 aliphatic heterocycles. The first-order valence-electron chi connectivity index (χ1n) is 7.96. The normalized spacial score (nSPS) is 17.5. The van der Waals surface area contributed by atoms with E-state index in [4.69, 9.17) is 5.14 Å². The van der Waals surface area contributed by atoms with Crippen LogP contribution >= 0.6 is 0 Å². The highest BCUT2D eigenvalue weighted by atomic mass is 32.2. The summed E-state index contributed by atoms with van der Waals surface area (Å²) in [6.45, 7) is 0.887. The number of nitrogens with zero attached hydrogens (tertiary/aromatic N) is 1. The van der Waals surface area contributed by atoms with E-state index >= 15 is 0 Å². The zero-order chi connectivity index (χ0) is 18.1. The molecule has 1 heterocycles. The van der Waals surface area contributed by atoms with Gasteiger partial charge in [-0.1, -0.05) is 30.3 Å². The molecule has 2 N–H and O–H groups in total. The van der Waals surface area contributed by atoms with E-state index in [1.165, 1.54) is 34.1 Å². The highest BCUT2D eigenvalue weighted by Crippen LogP contribution is 2.30. The summed E-state index contributed by atoms with van der Waals surface area (Å²) in [6, 6.07) is 15.1. The second kappa shape index (κ2) is 6.87. The number of sulfonamides is 2. The number of nitrogens with two attached hydrogens (primary N) is 1. The van der Waals surface area contributed by atoms with Crippen molar-refractivity contribution < 1.29 is 16.8 Å². The van der Waals surface area contributed by atoms with Gasteiger partial charge in [-0.25, -0.2) is 22.0 Å². The monoisotopic (exact) mass is 380 g/mol. The van der Waals surface area contributed by atoms with Crippen LogP contribution in [0.4, 0.5) is 0 Å². The van der Waals surface area contributed by atoms with Crippen LogP contribution in [-0.2, 0) is 20.0 Å². The Morgan fingerprint density at radius 2 is 1.32 bits per heavy atom. The fourth-order valence-electron chi connectivity index (χ4n) is 3.11. The van der Waals surface area contributed by atoms with E-state index in [-0.39, 0.29) is 9.79 Å². The summed E-state index contributed by atoms with van der Waals surface area (Å²) in [5.74, 6) is 0.359. The fourth-order valence-corrected chi connectivity index (χ4v) is 5.09. The third-order valence-corrected chi connectivity index (χ3v) is 7.36. The number of hydrogen-bond acceptors (Lipinski definition) is 4. The highest BCUT2D eigenvalue weighted by Gasteiger charge is 2.30. The Morgan fingerprint density at radius 1 is 0.800 bits per heavy atom. The molecular weight excluding hydrogens is 360 g/mol. The van der Waals surface area contributed by atoms with E-state index in [0.717, 1.165) is 12.8 Å². The van der Waals surface area contributed by atoms with Crippen LogP contribution in [0.15, 0.2) is 64.4 Å². The maximum atomic E-state index is 12.7. The Kier molecular flexibility index (Phi) is 4.97. The number of piperidine rings is 1. The Labute approximate surface area is 148 Å². The molecule has 2 aromatic rings. The summed E-state index contributed by atoms with van der Waals surface area (Å²) in [4.78, 5) is -0.0210. The van der Waals surface area contributed by atoms with Crippen molar-refractivity contribution in [2.75, 3.05) is 13.1 Å². The lowest BCUT2D eigenvalue weighted by atomic mass is 9.90. The minimum Gasteiger partial charge on any atom is -0.225 e. The zero-order valence-corrected chi connectivity index (χ0v) is 15.2. The first-order valence-corrected chi connectivity index (χ1v) is 10.9. The van der Waals surface area contributed by atoms with Crippen LogP contribution in [0.5, 0.6) is 0 Å². The van der Waals surface area contributed by atoms with Crippen LogP contribution in [0.2, 0.25) is 0 Å². The van der Waals surface area contributed by atoms with Gasteiger partial charge in [0, 0.05) is 13.1 Å². The molecule has 0 atom stereocenters. The number of hydrogen-bond donors (Lipinski definition) is 1. The van der Waals surface area contributed by atoms with Gasteiger partial charge in [-0.3, -0.25) is 0 Å². The third kappa shape index (κ3) is 3.92. The van der Waals surface area contributed by atoms with E-state index < -0.39 is 20.0 Å². The van der Waals surface area contributed by atoms with E-state index in [2.05, 4.69) is 12.1 Å². The molecule has 8 heteroatoms. The minimum atomic E-state index is -3.84. The van der Waals surface area contributed by atoms with Crippen molar-refractivity contribution in [1.82, 2.24) is 4.31 Å². The smallest absolute Gasteiger partial charge is 0.225 e. The van der Waals surface area contributed by atoms with E-state index in [9.17, 15) is 16.8 Å². The number of rotatable bonds is 4. The molecule has 1 fully saturated rings. The molecule has 0 unspecified atom stereocenters.